The lowest BCUT2D eigenvalue weighted by molar-refractivity contribution is 1.13. The summed E-state index contributed by atoms with van der Waals surface area (Å²) in [6.45, 7) is 0. The Kier molecular flexibility index (Phi) is 21.1. The molecule has 22 aromatic rings. The van der Waals surface area contributed by atoms with E-state index >= 15 is 0 Å². The van der Waals surface area contributed by atoms with Crippen LogP contribution in [0.4, 0.5) is 34.1 Å². The maximum absolute atomic E-state index is 5.23. The zero-order valence-electron chi connectivity index (χ0n) is 70.2. The van der Waals surface area contributed by atoms with Crippen molar-refractivity contribution in [3.8, 4) is 163 Å². The third kappa shape index (κ3) is 15.5. The molecule has 18 aromatic carbocycles. The van der Waals surface area contributed by atoms with Crippen molar-refractivity contribution in [2.45, 2.75) is 0 Å². The highest BCUT2D eigenvalue weighted by Crippen LogP contribution is 2.57. The second-order valence-corrected chi connectivity index (χ2v) is 33.1. The Morgan fingerprint density at radius 2 is 0.519 bits per heavy atom. The number of halogens is 1. The van der Waals surface area contributed by atoms with E-state index in [0.29, 0.717) is 5.82 Å². The van der Waals surface area contributed by atoms with Gasteiger partial charge in [0.2, 0.25) is 0 Å². The smallest absolute Gasteiger partial charge is 0.160 e. The first kappa shape index (κ1) is 78.3. The Balaban J connectivity index is 0.000000127. The molecule has 9 heteroatoms. The number of nitrogens with one attached hydrogen (secondary N) is 1. The highest BCUT2D eigenvalue weighted by atomic mass is 79.9. The molecule has 2 aliphatic heterocycles. The van der Waals surface area contributed by atoms with Gasteiger partial charge in [0, 0.05) is 105 Å². The van der Waals surface area contributed by atoms with Gasteiger partial charge in [-0.1, -0.05) is 392 Å². The van der Waals surface area contributed by atoms with Crippen LogP contribution in [0.3, 0.4) is 0 Å². The highest BCUT2D eigenvalue weighted by molar-refractivity contribution is 9.10. The largest absolute Gasteiger partial charge is 0.354 e. The van der Waals surface area contributed by atoms with Crippen molar-refractivity contribution in [1.82, 2.24) is 29.5 Å². The number of para-hydroxylation sites is 6. The number of hydrogen-bond donors (Lipinski definition) is 1. The molecule has 4 aromatic heterocycles. The molecule has 0 unspecified atom stereocenters. The van der Waals surface area contributed by atoms with E-state index in [2.05, 4.69) is 442 Å². The summed E-state index contributed by atoms with van der Waals surface area (Å²) in [7, 11) is 0. The molecule has 0 atom stereocenters. The maximum Gasteiger partial charge on any atom is 0.160 e. The van der Waals surface area contributed by atoms with Crippen LogP contribution in [0.5, 0.6) is 0 Å². The predicted molar refractivity (Wildman–Crippen MR) is 539 cm³/mol. The van der Waals surface area contributed by atoms with Gasteiger partial charge in [0.05, 0.1) is 62.4 Å². The maximum atomic E-state index is 5.23. The lowest BCUT2D eigenvalue weighted by atomic mass is 9.97. The molecule has 608 valence electrons. The number of nitrogens with zero attached hydrogens (tertiary/aromatic N) is 7. The summed E-state index contributed by atoms with van der Waals surface area (Å²) < 4.78 is 3.46. The van der Waals surface area contributed by atoms with Gasteiger partial charge in [0.15, 0.2) is 11.6 Å². The normalized spacial score (nSPS) is 11.6. The molecule has 0 fully saturated rings. The molecule has 0 saturated carbocycles. The SMILES string of the molecule is Brc1cccc(-c2nc(-c3ccccc3)cc(-c3ccccc3)n2)c1.c1ccc(-c2cc(-c3ccccc3)cc(N3c4ccccc4-c4[nH]c5ccccc5c4-c4ccccc43)c2)cc1.c1ccc(-c2cc(-c3ccccc3)cc(N3c4ccccc4-c4c(n(-c5cccc(-c6nc(-c7ccccc7)cc(-c7ccccc7)n6)c5)c5ccccc45)-c4ccccc43)c2)cc1. The summed E-state index contributed by atoms with van der Waals surface area (Å²) in [5.74, 6) is 1.40. The van der Waals surface area contributed by atoms with E-state index in [0.717, 1.165) is 145 Å². The summed E-state index contributed by atoms with van der Waals surface area (Å²) >= 11 is 3.53. The number of hydrogen-bond acceptors (Lipinski definition) is 6. The van der Waals surface area contributed by atoms with E-state index in [4.69, 9.17) is 19.9 Å². The van der Waals surface area contributed by atoms with Crippen molar-refractivity contribution < 1.29 is 0 Å². The lowest BCUT2D eigenvalue weighted by Gasteiger charge is -2.28. The highest BCUT2D eigenvalue weighted by Gasteiger charge is 2.34. The monoisotopic (exact) mass is 1710 g/mol. The van der Waals surface area contributed by atoms with Crippen molar-refractivity contribution in [3.05, 3.63) is 490 Å². The average molecular weight is 1710 g/mol. The van der Waals surface area contributed by atoms with E-state index in [1.54, 1.807) is 0 Å². The van der Waals surface area contributed by atoms with Crippen LogP contribution < -0.4 is 9.80 Å². The van der Waals surface area contributed by atoms with Crippen molar-refractivity contribution in [2.24, 2.45) is 0 Å². The number of H-pyrrole nitrogens is 1. The zero-order chi connectivity index (χ0) is 85.9. The fourth-order valence-electron chi connectivity index (χ4n) is 18.2. The molecule has 8 nitrogen and oxygen atoms in total. The fourth-order valence-corrected chi connectivity index (χ4v) is 18.6. The minimum atomic E-state index is 0.675. The summed E-state index contributed by atoms with van der Waals surface area (Å²) in [6, 6.07) is 172. The number of fused-ring (bicyclic) bond motifs is 14. The Labute approximate surface area is 758 Å². The van der Waals surface area contributed by atoms with E-state index < -0.39 is 0 Å². The summed E-state index contributed by atoms with van der Waals surface area (Å²) in [5, 5.41) is 2.42. The Morgan fingerprint density at radius 1 is 0.209 bits per heavy atom. The molecule has 0 saturated heterocycles. The summed E-state index contributed by atoms with van der Waals surface area (Å²) in [5.41, 5.74) is 38.8. The molecule has 0 amide bonds. The van der Waals surface area contributed by atoms with Gasteiger partial charge in [0.25, 0.3) is 0 Å². The van der Waals surface area contributed by atoms with Gasteiger partial charge in [-0.2, -0.15) is 0 Å². The van der Waals surface area contributed by atoms with Gasteiger partial charge in [0.1, 0.15) is 0 Å². The van der Waals surface area contributed by atoms with Crippen LogP contribution in [0.15, 0.2) is 490 Å². The van der Waals surface area contributed by atoms with Gasteiger partial charge < -0.3 is 19.4 Å². The van der Waals surface area contributed by atoms with Gasteiger partial charge >= 0.3 is 0 Å². The molecule has 1 N–H and O–H groups in total. The molecule has 6 heterocycles. The molecule has 2 aliphatic rings. The predicted octanol–water partition coefficient (Wildman–Crippen LogP) is 32.7. The fraction of sp³-hybridized carbons (Fsp3) is 0. The third-order valence-corrected chi connectivity index (χ3v) is 24.7. The van der Waals surface area contributed by atoms with Gasteiger partial charge in [-0.3, -0.25) is 0 Å². The first-order valence-electron chi connectivity index (χ1n) is 43.5. The lowest BCUT2D eigenvalue weighted by Crippen LogP contribution is -2.11. The van der Waals surface area contributed by atoms with Crippen molar-refractivity contribution in [1.29, 1.82) is 0 Å². The number of anilines is 6. The molecule has 0 bridgehead atoms. The third-order valence-electron chi connectivity index (χ3n) is 24.2. The van der Waals surface area contributed by atoms with Crippen LogP contribution in [0.1, 0.15) is 0 Å². The van der Waals surface area contributed by atoms with Crippen LogP contribution in [-0.2, 0) is 0 Å². The van der Waals surface area contributed by atoms with Gasteiger partial charge in [-0.15, -0.1) is 0 Å². The number of benzene rings is 18. The molecule has 24 rings (SSSR count). The molecular weight excluding hydrogens is 1630 g/mol. The molecular formula is C120H81BrN8. The van der Waals surface area contributed by atoms with Crippen molar-refractivity contribution in [3.63, 3.8) is 0 Å². The minimum Gasteiger partial charge on any atom is -0.354 e. The first-order chi connectivity index (χ1) is 63.9. The number of aromatic nitrogens is 6. The topological polar surface area (TPSA) is 78.8 Å². The zero-order valence-corrected chi connectivity index (χ0v) is 71.8. The van der Waals surface area contributed by atoms with Crippen LogP contribution in [0.2, 0.25) is 0 Å². The van der Waals surface area contributed by atoms with E-state index in [1.807, 2.05) is 78.9 Å². The van der Waals surface area contributed by atoms with Crippen LogP contribution in [-0.4, -0.2) is 29.5 Å². The van der Waals surface area contributed by atoms with Gasteiger partial charge in [-0.05, 0) is 154 Å². The quantitative estimate of drug-likeness (QED) is 0.124. The van der Waals surface area contributed by atoms with Crippen molar-refractivity contribution >= 4 is 71.9 Å². The second-order valence-electron chi connectivity index (χ2n) is 32.2. The van der Waals surface area contributed by atoms with Crippen LogP contribution in [0.25, 0.3) is 185 Å². The molecule has 0 spiro atoms. The summed E-state index contributed by atoms with van der Waals surface area (Å²) in [4.78, 5) is 28.7. The van der Waals surface area contributed by atoms with E-state index in [-0.39, 0.29) is 0 Å². The Morgan fingerprint density at radius 3 is 0.946 bits per heavy atom. The minimum absolute atomic E-state index is 0.675. The van der Waals surface area contributed by atoms with E-state index in [9.17, 15) is 0 Å². The van der Waals surface area contributed by atoms with Crippen molar-refractivity contribution in [2.75, 3.05) is 9.80 Å². The van der Waals surface area contributed by atoms with Gasteiger partial charge in [-0.25, -0.2) is 19.9 Å². The molecule has 129 heavy (non-hydrogen) atoms. The first-order valence-corrected chi connectivity index (χ1v) is 44.3. The van der Waals surface area contributed by atoms with E-state index in [1.165, 1.54) is 72.1 Å². The molecule has 0 radical (unpaired) electrons. The van der Waals surface area contributed by atoms with Crippen LogP contribution in [0, 0.1) is 0 Å². The summed E-state index contributed by atoms with van der Waals surface area (Å²) in [6.07, 6.45) is 0. The molecule has 0 aliphatic carbocycles. The standard InChI is InChI=1S/C60H40N4.C38H26N2.C22H15BrN2/c1-5-20-41(21-6-1)46-36-47(42-22-7-2-8-23-42)39-49(38-46)63-55-33-16-13-30-50(55)58-51-31-14-17-34-56(51)64(59(58)52-32-15-18-35-57(52)63)48-29-19-28-45(37-48)60-61-53(43-24-9-3-10-25-43)40-54(62-60)44-26-11-4-12-27-44;1-3-13-26(14-4-1)28-23-29(27-15-5-2-6-16-27)25-30(24-28)40-35-21-11-8-18-32(35)37-31-17-7-10-20-34(31)39-38(37)33-19-9-12-22-36(33)40;23-19-13-7-12-18(14-19)22-24-20(16-8-3-1-4-9-16)15-21(25-22)17-10-5-2-6-11-17/h1-40H;1-25,39H;1-15H. The number of rotatable bonds is 13. The number of aromatic amines is 1. The Hall–Kier alpha value is -16.7. The second kappa shape index (κ2) is 34.8. The average Bonchev–Trinajstić information content (AvgIpc) is 1.55. The Bertz CT molecular complexity index is 7630. The van der Waals surface area contributed by atoms with Crippen LogP contribution >= 0.6 is 15.9 Å².